The number of aliphatic hydroxyl groups excluding tert-OH is 1. The fraction of sp³-hybridized carbons (Fsp3) is 0.200. The normalized spacial score (nSPS) is 15.8. The third-order valence-electron chi connectivity index (χ3n) is 4.41. The van der Waals surface area contributed by atoms with Crippen LogP contribution in [0, 0.1) is 5.82 Å². The van der Waals surface area contributed by atoms with Crippen LogP contribution < -0.4 is 5.32 Å². The van der Waals surface area contributed by atoms with E-state index in [-0.39, 0.29) is 18.5 Å². The molecule has 0 saturated heterocycles. The van der Waals surface area contributed by atoms with Gasteiger partial charge in [0.2, 0.25) is 5.95 Å². The number of nitrogens with zero attached hydrogens (tertiary/aromatic N) is 3. The molecule has 1 atom stereocenters. The first-order chi connectivity index (χ1) is 13.1. The van der Waals surface area contributed by atoms with E-state index >= 15 is 0 Å². The lowest BCUT2D eigenvalue weighted by Crippen LogP contribution is -2.20. The van der Waals surface area contributed by atoms with Crippen LogP contribution in [0.15, 0.2) is 59.1 Å². The number of allylic oxidation sites excluding steroid dienone is 1. The lowest BCUT2D eigenvalue weighted by atomic mass is 10.0. The highest BCUT2D eigenvalue weighted by Gasteiger charge is 2.25. The zero-order chi connectivity index (χ0) is 18.8. The fourth-order valence-electron chi connectivity index (χ4n) is 3.11. The number of fused-ring (bicyclic) bond motifs is 1. The van der Waals surface area contributed by atoms with E-state index in [1.165, 1.54) is 12.1 Å². The number of halogens is 2. The summed E-state index contributed by atoms with van der Waals surface area (Å²) in [4.78, 5) is 4.58. The summed E-state index contributed by atoms with van der Waals surface area (Å²) >= 11 is 3.53. The van der Waals surface area contributed by atoms with Gasteiger partial charge in [-0.2, -0.15) is 10.1 Å². The summed E-state index contributed by atoms with van der Waals surface area (Å²) in [6, 6.07) is 14.3. The van der Waals surface area contributed by atoms with Gasteiger partial charge < -0.3 is 10.4 Å². The highest BCUT2D eigenvalue weighted by atomic mass is 79.9. The second kappa shape index (κ2) is 7.62. The number of aromatic nitrogens is 3. The van der Waals surface area contributed by atoms with Gasteiger partial charge in [0.05, 0.1) is 0 Å². The van der Waals surface area contributed by atoms with Crippen LogP contribution in [0.4, 0.5) is 10.3 Å². The minimum Gasteiger partial charge on any atom is -0.396 e. The van der Waals surface area contributed by atoms with Crippen molar-refractivity contribution in [1.82, 2.24) is 14.8 Å². The van der Waals surface area contributed by atoms with E-state index in [0.717, 1.165) is 21.3 Å². The molecule has 0 unspecified atom stereocenters. The van der Waals surface area contributed by atoms with E-state index in [2.05, 4.69) is 37.4 Å². The van der Waals surface area contributed by atoms with Gasteiger partial charge in [-0.3, -0.25) is 0 Å². The van der Waals surface area contributed by atoms with Gasteiger partial charge >= 0.3 is 0 Å². The second-order valence-corrected chi connectivity index (χ2v) is 7.25. The minimum absolute atomic E-state index is 0.103. The number of aryl methyl sites for hydroxylation is 1. The van der Waals surface area contributed by atoms with Gasteiger partial charge in [0.15, 0.2) is 5.82 Å². The molecule has 0 fully saturated rings. The van der Waals surface area contributed by atoms with E-state index in [1.807, 2.05) is 28.9 Å². The Labute approximate surface area is 164 Å². The fourth-order valence-corrected chi connectivity index (χ4v) is 3.52. The Morgan fingerprint density at radius 3 is 2.74 bits per heavy atom. The van der Waals surface area contributed by atoms with Crippen molar-refractivity contribution in [2.45, 2.75) is 18.9 Å². The Bertz CT molecular complexity index is 984. The Hall–Kier alpha value is -2.51. The zero-order valence-electron chi connectivity index (χ0n) is 14.4. The molecule has 0 saturated carbocycles. The van der Waals surface area contributed by atoms with E-state index in [0.29, 0.717) is 24.6 Å². The van der Waals surface area contributed by atoms with Crippen LogP contribution in [-0.4, -0.2) is 26.5 Å². The van der Waals surface area contributed by atoms with Gasteiger partial charge in [0.25, 0.3) is 0 Å². The number of anilines is 1. The van der Waals surface area contributed by atoms with Crippen LogP contribution in [0.3, 0.4) is 0 Å². The molecule has 2 aromatic carbocycles. The van der Waals surface area contributed by atoms with Crippen molar-refractivity contribution in [3.63, 3.8) is 0 Å². The van der Waals surface area contributed by atoms with Crippen molar-refractivity contribution in [1.29, 1.82) is 0 Å². The maximum absolute atomic E-state index is 13.3. The maximum Gasteiger partial charge on any atom is 0.226 e. The molecule has 0 radical (unpaired) electrons. The summed E-state index contributed by atoms with van der Waals surface area (Å²) in [6.45, 7) is 0.103. The number of hydrogen-bond acceptors (Lipinski definition) is 4. The lowest BCUT2D eigenvalue weighted by molar-refractivity contribution is 0.287. The molecule has 2 heterocycles. The first kappa shape index (κ1) is 17.9. The minimum atomic E-state index is -0.270. The van der Waals surface area contributed by atoms with E-state index in [4.69, 9.17) is 5.11 Å². The highest BCUT2D eigenvalue weighted by molar-refractivity contribution is 9.10. The summed E-state index contributed by atoms with van der Waals surface area (Å²) in [5, 5.41) is 17.0. The third kappa shape index (κ3) is 3.79. The van der Waals surface area contributed by atoms with Crippen molar-refractivity contribution in [3.05, 3.63) is 81.8 Å². The standard InChI is InChI=1S/C20H18BrFN4O/c21-15-4-1-3-14(11-15)18-12-17(13-6-8-16(22)9-7-13)23-20-24-19(5-2-10-27)25-26(18)20/h1,3-4,6-9,11-12,18,27H,2,5,10H2,(H,23,24,25)/t18-/m1/s1. The molecule has 5 nitrogen and oxygen atoms in total. The molecule has 0 aliphatic carbocycles. The van der Waals surface area contributed by atoms with E-state index in [1.54, 1.807) is 12.1 Å². The Morgan fingerprint density at radius 2 is 2.00 bits per heavy atom. The SMILES string of the molecule is OCCCc1nc2n(n1)[C@@H](c1cccc(Br)c1)C=C(c1ccc(F)cc1)N2. The predicted molar refractivity (Wildman–Crippen MR) is 106 cm³/mol. The predicted octanol–water partition coefficient (Wildman–Crippen LogP) is 4.16. The highest BCUT2D eigenvalue weighted by Crippen LogP contribution is 2.33. The van der Waals surface area contributed by atoms with Crippen LogP contribution in [0.1, 0.15) is 29.4 Å². The van der Waals surface area contributed by atoms with Crippen LogP contribution in [-0.2, 0) is 6.42 Å². The summed E-state index contributed by atoms with van der Waals surface area (Å²) in [5.74, 6) is 1.04. The van der Waals surface area contributed by atoms with Crippen LogP contribution in [0.25, 0.3) is 5.70 Å². The molecule has 7 heteroatoms. The third-order valence-corrected chi connectivity index (χ3v) is 4.91. The molecule has 1 aliphatic heterocycles. The zero-order valence-corrected chi connectivity index (χ0v) is 16.0. The molecular weight excluding hydrogens is 411 g/mol. The summed E-state index contributed by atoms with van der Waals surface area (Å²) < 4.78 is 16.1. The molecule has 0 bridgehead atoms. The summed E-state index contributed by atoms with van der Waals surface area (Å²) in [5.41, 5.74) is 2.79. The van der Waals surface area contributed by atoms with Gasteiger partial charge in [0, 0.05) is 23.2 Å². The van der Waals surface area contributed by atoms with E-state index < -0.39 is 0 Å². The lowest BCUT2D eigenvalue weighted by Gasteiger charge is -2.24. The van der Waals surface area contributed by atoms with Crippen molar-refractivity contribution in [3.8, 4) is 0 Å². The Morgan fingerprint density at radius 1 is 1.19 bits per heavy atom. The van der Waals surface area contributed by atoms with Crippen LogP contribution >= 0.6 is 15.9 Å². The van der Waals surface area contributed by atoms with Gasteiger partial charge in [-0.15, -0.1) is 0 Å². The number of hydrogen-bond donors (Lipinski definition) is 2. The molecular formula is C20H18BrFN4O. The van der Waals surface area contributed by atoms with Gasteiger partial charge in [-0.1, -0.05) is 28.1 Å². The number of nitrogens with one attached hydrogen (secondary N) is 1. The smallest absolute Gasteiger partial charge is 0.226 e. The quantitative estimate of drug-likeness (QED) is 0.640. The molecule has 4 rings (SSSR count). The second-order valence-electron chi connectivity index (χ2n) is 6.34. The topological polar surface area (TPSA) is 63.0 Å². The Kier molecular flexibility index (Phi) is 5.05. The van der Waals surface area contributed by atoms with Crippen LogP contribution in [0.5, 0.6) is 0 Å². The molecule has 1 aromatic heterocycles. The number of rotatable bonds is 5. The number of aliphatic hydroxyl groups is 1. The summed E-state index contributed by atoms with van der Waals surface area (Å²) in [6.07, 6.45) is 3.28. The Balaban J connectivity index is 1.77. The van der Waals surface area contributed by atoms with E-state index in [9.17, 15) is 4.39 Å². The van der Waals surface area contributed by atoms with Crippen molar-refractivity contribution < 1.29 is 9.50 Å². The summed E-state index contributed by atoms with van der Waals surface area (Å²) in [7, 11) is 0. The monoisotopic (exact) mass is 428 g/mol. The van der Waals surface area contributed by atoms with Gasteiger partial charge in [0.1, 0.15) is 11.9 Å². The maximum atomic E-state index is 13.3. The average molecular weight is 429 g/mol. The van der Waals surface area contributed by atoms with Crippen LogP contribution in [0.2, 0.25) is 0 Å². The largest absolute Gasteiger partial charge is 0.396 e. The van der Waals surface area contributed by atoms with Crippen molar-refractivity contribution in [2.24, 2.45) is 0 Å². The molecule has 27 heavy (non-hydrogen) atoms. The molecule has 2 N–H and O–H groups in total. The first-order valence-corrected chi connectivity index (χ1v) is 9.50. The molecule has 3 aromatic rings. The molecule has 1 aliphatic rings. The first-order valence-electron chi connectivity index (χ1n) is 8.70. The van der Waals surface area contributed by atoms with Gasteiger partial charge in [-0.05, 0) is 60.0 Å². The molecule has 0 spiro atoms. The molecule has 138 valence electrons. The van der Waals surface area contributed by atoms with Gasteiger partial charge in [-0.25, -0.2) is 9.07 Å². The molecule has 0 amide bonds. The van der Waals surface area contributed by atoms with Crippen molar-refractivity contribution in [2.75, 3.05) is 11.9 Å². The van der Waals surface area contributed by atoms with Crippen molar-refractivity contribution >= 4 is 27.6 Å². The number of benzene rings is 2. The average Bonchev–Trinajstić information content (AvgIpc) is 3.09.